The predicted molar refractivity (Wildman–Crippen MR) is 82.6 cm³/mol. The predicted octanol–water partition coefficient (Wildman–Crippen LogP) is 4.43. The third-order valence-corrected chi connectivity index (χ3v) is 3.81. The molecule has 0 saturated heterocycles. The van der Waals surface area contributed by atoms with Crippen LogP contribution in [0.25, 0.3) is 0 Å². The molecule has 0 saturated carbocycles. The molecule has 0 amide bonds. The minimum Gasteiger partial charge on any atom is -0.497 e. The summed E-state index contributed by atoms with van der Waals surface area (Å²) in [5, 5.41) is 3.22. The zero-order valence-corrected chi connectivity index (χ0v) is 13.4. The number of hydrogen-bond donors (Lipinski definition) is 1. The van der Waals surface area contributed by atoms with Crippen molar-refractivity contribution in [3.63, 3.8) is 0 Å². The lowest BCUT2D eigenvalue weighted by molar-refractivity contribution is 0.410. The van der Waals surface area contributed by atoms with Crippen LogP contribution < -0.4 is 10.1 Å². The molecular weight excluding hydrogens is 340 g/mol. The molecule has 0 aliphatic rings. The smallest absolute Gasteiger partial charge is 0.137 e. The van der Waals surface area contributed by atoms with Gasteiger partial charge in [-0.3, -0.25) is 0 Å². The van der Waals surface area contributed by atoms with Crippen molar-refractivity contribution < 1.29 is 13.5 Å². The summed E-state index contributed by atoms with van der Waals surface area (Å²) >= 11 is 3.16. The van der Waals surface area contributed by atoms with Gasteiger partial charge in [0.1, 0.15) is 17.4 Å². The van der Waals surface area contributed by atoms with Gasteiger partial charge in [0.05, 0.1) is 17.6 Å². The highest BCUT2D eigenvalue weighted by molar-refractivity contribution is 9.10. The largest absolute Gasteiger partial charge is 0.497 e. The average molecular weight is 356 g/mol. The second-order valence-electron chi connectivity index (χ2n) is 4.55. The van der Waals surface area contributed by atoms with Crippen LogP contribution in [-0.4, -0.2) is 13.7 Å². The van der Waals surface area contributed by atoms with Gasteiger partial charge in [-0.2, -0.15) is 0 Å². The SMILES string of the molecule is CCNC(c1ccc(F)c(Br)c1)c1ccc(OC)cc1F. The van der Waals surface area contributed by atoms with E-state index in [1.54, 1.807) is 24.3 Å². The maximum absolute atomic E-state index is 14.3. The van der Waals surface area contributed by atoms with Gasteiger partial charge in [0.2, 0.25) is 0 Å². The standard InChI is InChI=1S/C16H16BrF2NO/c1-3-20-16(10-4-7-14(18)13(17)8-10)12-6-5-11(21-2)9-15(12)19/h4-9,16,20H,3H2,1-2H3. The van der Waals surface area contributed by atoms with E-state index in [9.17, 15) is 8.78 Å². The third kappa shape index (κ3) is 3.60. The molecule has 0 fully saturated rings. The summed E-state index contributed by atoms with van der Waals surface area (Å²) in [6, 6.07) is 9.06. The molecule has 2 nitrogen and oxygen atoms in total. The molecule has 0 spiro atoms. The number of hydrogen-bond acceptors (Lipinski definition) is 2. The molecule has 1 atom stereocenters. The van der Waals surface area contributed by atoms with Crippen molar-refractivity contribution in [2.24, 2.45) is 0 Å². The summed E-state index contributed by atoms with van der Waals surface area (Å²) in [6.07, 6.45) is 0. The molecule has 2 aromatic rings. The van der Waals surface area contributed by atoms with Gasteiger partial charge in [-0.1, -0.05) is 19.1 Å². The monoisotopic (exact) mass is 355 g/mol. The molecule has 5 heteroatoms. The highest BCUT2D eigenvalue weighted by Crippen LogP contribution is 2.29. The Hall–Kier alpha value is -1.46. The van der Waals surface area contributed by atoms with Gasteiger partial charge in [0.15, 0.2) is 0 Å². The minimum atomic E-state index is -0.360. The second kappa shape index (κ2) is 7.00. The van der Waals surface area contributed by atoms with Gasteiger partial charge >= 0.3 is 0 Å². The maximum atomic E-state index is 14.3. The van der Waals surface area contributed by atoms with Gasteiger partial charge in [0, 0.05) is 11.6 Å². The van der Waals surface area contributed by atoms with Crippen LogP contribution in [0.4, 0.5) is 8.78 Å². The van der Waals surface area contributed by atoms with E-state index >= 15 is 0 Å². The fourth-order valence-electron chi connectivity index (χ4n) is 2.17. The van der Waals surface area contributed by atoms with E-state index in [4.69, 9.17) is 4.74 Å². The fourth-order valence-corrected chi connectivity index (χ4v) is 2.57. The number of methoxy groups -OCH3 is 1. The molecule has 2 rings (SSSR count). The molecule has 112 valence electrons. The van der Waals surface area contributed by atoms with Crippen molar-refractivity contribution in [3.8, 4) is 5.75 Å². The molecule has 1 N–H and O–H groups in total. The average Bonchev–Trinajstić information content (AvgIpc) is 2.48. The Labute approximate surface area is 131 Å². The summed E-state index contributed by atoms with van der Waals surface area (Å²) in [7, 11) is 1.49. The Balaban J connectivity index is 2.45. The number of nitrogens with one attached hydrogen (secondary N) is 1. The first-order valence-electron chi connectivity index (χ1n) is 6.58. The molecule has 0 radical (unpaired) electrons. The van der Waals surface area contributed by atoms with Crippen molar-refractivity contribution in [1.29, 1.82) is 0 Å². The number of halogens is 3. The Bertz CT molecular complexity index is 634. The van der Waals surface area contributed by atoms with E-state index in [0.717, 1.165) is 5.56 Å². The van der Waals surface area contributed by atoms with Crippen LogP contribution in [0.15, 0.2) is 40.9 Å². The fraction of sp³-hybridized carbons (Fsp3) is 0.250. The van der Waals surface area contributed by atoms with Crippen molar-refractivity contribution in [2.75, 3.05) is 13.7 Å². The van der Waals surface area contributed by atoms with Gasteiger partial charge in [-0.15, -0.1) is 0 Å². The van der Waals surface area contributed by atoms with Crippen molar-refractivity contribution in [1.82, 2.24) is 5.32 Å². The zero-order chi connectivity index (χ0) is 15.4. The summed E-state index contributed by atoms with van der Waals surface area (Å²) in [5.74, 6) is -0.239. The van der Waals surface area contributed by atoms with Crippen LogP contribution in [0, 0.1) is 11.6 Å². The number of ether oxygens (including phenoxy) is 1. The third-order valence-electron chi connectivity index (χ3n) is 3.20. The van der Waals surface area contributed by atoms with Gasteiger partial charge < -0.3 is 10.1 Å². The Morgan fingerprint density at radius 3 is 2.48 bits per heavy atom. The van der Waals surface area contributed by atoms with Crippen LogP contribution in [0.1, 0.15) is 24.1 Å². The van der Waals surface area contributed by atoms with E-state index in [1.807, 2.05) is 6.92 Å². The quantitative estimate of drug-likeness (QED) is 0.856. The normalized spacial score (nSPS) is 12.2. The van der Waals surface area contributed by atoms with Crippen LogP contribution in [0.5, 0.6) is 5.75 Å². The van der Waals surface area contributed by atoms with E-state index in [0.29, 0.717) is 22.3 Å². The van der Waals surface area contributed by atoms with Gasteiger partial charge in [0.25, 0.3) is 0 Å². The molecule has 0 aliphatic heterocycles. The highest BCUT2D eigenvalue weighted by atomic mass is 79.9. The van der Waals surface area contributed by atoms with Crippen molar-refractivity contribution in [3.05, 3.63) is 63.6 Å². The maximum Gasteiger partial charge on any atom is 0.137 e. The topological polar surface area (TPSA) is 21.3 Å². The summed E-state index contributed by atoms with van der Waals surface area (Å²) < 4.78 is 33.0. The Morgan fingerprint density at radius 2 is 1.90 bits per heavy atom. The van der Waals surface area contributed by atoms with E-state index in [2.05, 4.69) is 21.2 Å². The molecule has 21 heavy (non-hydrogen) atoms. The summed E-state index contributed by atoms with van der Waals surface area (Å²) in [5.41, 5.74) is 1.28. The highest BCUT2D eigenvalue weighted by Gasteiger charge is 2.18. The minimum absolute atomic E-state index is 0.343. The van der Waals surface area contributed by atoms with Crippen LogP contribution in [0.2, 0.25) is 0 Å². The summed E-state index contributed by atoms with van der Waals surface area (Å²) in [6.45, 7) is 2.60. The molecular formula is C16H16BrF2NO. The molecule has 0 aliphatic carbocycles. The first-order chi connectivity index (χ1) is 10.1. The van der Waals surface area contributed by atoms with Crippen molar-refractivity contribution >= 4 is 15.9 Å². The second-order valence-corrected chi connectivity index (χ2v) is 5.41. The zero-order valence-electron chi connectivity index (χ0n) is 11.8. The van der Waals surface area contributed by atoms with Crippen LogP contribution >= 0.6 is 15.9 Å². The molecule has 0 bridgehead atoms. The molecule has 2 aromatic carbocycles. The lowest BCUT2D eigenvalue weighted by atomic mass is 9.98. The van der Waals surface area contributed by atoms with Gasteiger partial charge in [-0.05, 0) is 46.2 Å². The van der Waals surface area contributed by atoms with E-state index in [1.165, 1.54) is 19.2 Å². The number of rotatable bonds is 5. The van der Waals surface area contributed by atoms with Gasteiger partial charge in [-0.25, -0.2) is 8.78 Å². The Kier molecular flexibility index (Phi) is 5.31. The molecule has 1 unspecified atom stereocenters. The van der Waals surface area contributed by atoms with Crippen molar-refractivity contribution in [2.45, 2.75) is 13.0 Å². The van der Waals surface area contributed by atoms with Crippen LogP contribution in [-0.2, 0) is 0 Å². The van der Waals surface area contributed by atoms with Crippen LogP contribution in [0.3, 0.4) is 0 Å². The lowest BCUT2D eigenvalue weighted by Crippen LogP contribution is -2.23. The summed E-state index contributed by atoms with van der Waals surface area (Å²) in [4.78, 5) is 0. The number of benzene rings is 2. The Morgan fingerprint density at radius 1 is 1.14 bits per heavy atom. The molecule has 0 aromatic heterocycles. The molecule has 0 heterocycles. The first kappa shape index (κ1) is 15.9. The van der Waals surface area contributed by atoms with E-state index in [-0.39, 0.29) is 17.7 Å². The lowest BCUT2D eigenvalue weighted by Gasteiger charge is -2.20. The van der Waals surface area contributed by atoms with E-state index < -0.39 is 0 Å². The first-order valence-corrected chi connectivity index (χ1v) is 7.38.